The molecule has 1 amide bonds. The molecule has 3 rings (SSSR count). The van der Waals surface area contributed by atoms with Crippen LogP contribution in [0.3, 0.4) is 0 Å². The molecule has 1 saturated heterocycles. The number of ether oxygens (including phenoxy) is 2. The van der Waals surface area contributed by atoms with Crippen molar-refractivity contribution in [2.75, 3.05) is 19.8 Å². The molecule has 134 valence electrons. The van der Waals surface area contributed by atoms with Gasteiger partial charge in [0.25, 0.3) is 5.91 Å². The monoisotopic (exact) mass is 364 g/mol. The number of benzene rings is 1. The van der Waals surface area contributed by atoms with Crippen LogP contribution in [0, 0.1) is 5.92 Å². The highest BCUT2D eigenvalue weighted by Gasteiger charge is 2.17. The summed E-state index contributed by atoms with van der Waals surface area (Å²) in [6.45, 7) is 2.85. The molecule has 1 aromatic carbocycles. The topological polar surface area (TPSA) is 73.6 Å². The summed E-state index contributed by atoms with van der Waals surface area (Å²) in [5.41, 5.74) is 1.29. The van der Waals surface area contributed by atoms with Crippen LogP contribution in [-0.2, 0) is 22.7 Å². The highest BCUT2D eigenvalue weighted by Crippen LogP contribution is 2.14. The highest BCUT2D eigenvalue weighted by atomic mass is 35.5. The number of hydrogen-bond acceptors (Lipinski definition) is 5. The van der Waals surface area contributed by atoms with Crippen LogP contribution in [0.1, 0.15) is 34.7 Å². The summed E-state index contributed by atoms with van der Waals surface area (Å²) in [4.78, 5) is 12.1. The van der Waals surface area contributed by atoms with Crippen molar-refractivity contribution in [2.24, 2.45) is 5.92 Å². The molecule has 1 aliphatic heterocycles. The minimum Gasteiger partial charge on any atom is -0.381 e. The van der Waals surface area contributed by atoms with Crippen molar-refractivity contribution in [1.82, 2.24) is 10.5 Å². The van der Waals surface area contributed by atoms with Gasteiger partial charge in [0.1, 0.15) is 6.61 Å². The van der Waals surface area contributed by atoms with Gasteiger partial charge in [0, 0.05) is 30.8 Å². The standard InChI is InChI=1S/C18H21ClN2O4/c19-15-3-1-14(2-4-15)11-24-12-16-9-17(21-25-16)18(22)20-10-13-5-7-23-8-6-13/h1-4,9,13H,5-8,10-12H2,(H,20,22). The number of nitrogens with one attached hydrogen (secondary N) is 1. The van der Waals surface area contributed by atoms with E-state index in [0.29, 0.717) is 29.9 Å². The molecule has 1 aromatic heterocycles. The molecule has 6 nitrogen and oxygen atoms in total. The van der Waals surface area contributed by atoms with Gasteiger partial charge in [-0.3, -0.25) is 4.79 Å². The van der Waals surface area contributed by atoms with Crippen LogP contribution in [0.15, 0.2) is 34.9 Å². The summed E-state index contributed by atoms with van der Waals surface area (Å²) in [5.74, 6) is 0.760. The van der Waals surface area contributed by atoms with E-state index in [9.17, 15) is 4.79 Å². The third-order valence-electron chi connectivity index (χ3n) is 4.11. The minimum absolute atomic E-state index is 0.223. The lowest BCUT2D eigenvalue weighted by Gasteiger charge is -2.21. The molecule has 7 heteroatoms. The lowest BCUT2D eigenvalue weighted by atomic mass is 10.0. The number of hydrogen-bond donors (Lipinski definition) is 1. The van der Waals surface area contributed by atoms with Crippen LogP contribution in [0.2, 0.25) is 5.02 Å². The third kappa shape index (κ3) is 5.56. The van der Waals surface area contributed by atoms with Gasteiger partial charge >= 0.3 is 0 Å². The fraction of sp³-hybridized carbons (Fsp3) is 0.444. The summed E-state index contributed by atoms with van der Waals surface area (Å²) < 4.78 is 16.0. The largest absolute Gasteiger partial charge is 0.381 e. The Morgan fingerprint density at radius 2 is 2.00 bits per heavy atom. The molecule has 1 fully saturated rings. The van der Waals surface area contributed by atoms with E-state index in [4.69, 9.17) is 25.6 Å². The van der Waals surface area contributed by atoms with E-state index in [1.165, 1.54) is 0 Å². The van der Waals surface area contributed by atoms with Crippen LogP contribution >= 0.6 is 11.6 Å². The number of amides is 1. The van der Waals surface area contributed by atoms with Crippen molar-refractivity contribution >= 4 is 17.5 Å². The fourth-order valence-electron chi connectivity index (χ4n) is 2.62. The van der Waals surface area contributed by atoms with Gasteiger partial charge in [-0.15, -0.1) is 0 Å². The van der Waals surface area contributed by atoms with Crippen molar-refractivity contribution in [3.63, 3.8) is 0 Å². The summed E-state index contributed by atoms with van der Waals surface area (Å²) in [5, 5.41) is 7.40. The molecule has 25 heavy (non-hydrogen) atoms. The van der Waals surface area contributed by atoms with Crippen molar-refractivity contribution in [3.8, 4) is 0 Å². The lowest BCUT2D eigenvalue weighted by molar-refractivity contribution is 0.0641. The first-order valence-electron chi connectivity index (χ1n) is 8.34. The molecule has 0 spiro atoms. The van der Waals surface area contributed by atoms with Crippen LogP contribution in [0.25, 0.3) is 0 Å². The molecular formula is C18H21ClN2O4. The second kappa shape index (κ2) is 8.99. The van der Waals surface area contributed by atoms with E-state index in [1.807, 2.05) is 24.3 Å². The van der Waals surface area contributed by atoms with Gasteiger partial charge in [-0.2, -0.15) is 0 Å². The SMILES string of the molecule is O=C(NCC1CCOCC1)c1cc(COCc2ccc(Cl)cc2)on1. The van der Waals surface area contributed by atoms with Crippen LogP contribution in [0.5, 0.6) is 0 Å². The molecule has 0 unspecified atom stereocenters. The Morgan fingerprint density at radius 3 is 2.76 bits per heavy atom. The first-order valence-corrected chi connectivity index (χ1v) is 8.72. The number of aromatic nitrogens is 1. The van der Waals surface area contributed by atoms with Crippen LogP contribution in [0.4, 0.5) is 0 Å². The minimum atomic E-state index is -0.223. The van der Waals surface area contributed by atoms with Crippen molar-refractivity contribution in [2.45, 2.75) is 26.1 Å². The maximum absolute atomic E-state index is 12.1. The number of halogens is 1. The zero-order valence-corrected chi connectivity index (χ0v) is 14.6. The van der Waals surface area contributed by atoms with E-state index < -0.39 is 0 Å². The van der Waals surface area contributed by atoms with Gasteiger partial charge < -0.3 is 19.3 Å². The molecule has 1 N–H and O–H groups in total. The van der Waals surface area contributed by atoms with E-state index in [0.717, 1.165) is 31.6 Å². The van der Waals surface area contributed by atoms with E-state index in [-0.39, 0.29) is 18.2 Å². The number of rotatable bonds is 7. The van der Waals surface area contributed by atoms with Gasteiger partial charge in [-0.25, -0.2) is 0 Å². The Labute approximate surface area is 151 Å². The molecule has 0 bridgehead atoms. The number of carbonyl (C=O) groups is 1. The summed E-state index contributed by atoms with van der Waals surface area (Å²) in [6.07, 6.45) is 1.95. The summed E-state index contributed by atoms with van der Waals surface area (Å²) in [6, 6.07) is 9.04. The Balaban J connectivity index is 1.41. The maximum atomic E-state index is 12.1. The first-order chi connectivity index (χ1) is 12.2. The smallest absolute Gasteiger partial charge is 0.273 e. The Kier molecular flexibility index (Phi) is 6.44. The average Bonchev–Trinajstić information content (AvgIpc) is 3.11. The highest BCUT2D eigenvalue weighted by molar-refractivity contribution is 6.30. The quantitative estimate of drug-likeness (QED) is 0.816. The Bertz CT molecular complexity index is 681. The summed E-state index contributed by atoms with van der Waals surface area (Å²) in [7, 11) is 0. The predicted molar refractivity (Wildman–Crippen MR) is 92.3 cm³/mol. The van der Waals surface area contributed by atoms with Gasteiger partial charge in [0.05, 0.1) is 6.61 Å². The average molecular weight is 365 g/mol. The number of carbonyl (C=O) groups excluding carboxylic acids is 1. The second-order valence-corrected chi connectivity index (χ2v) is 6.50. The van der Waals surface area contributed by atoms with E-state index in [1.54, 1.807) is 6.07 Å². The van der Waals surface area contributed by atoms with Crippen LogP contribution in [-0.4, -0.2) is 30.8 Å². The zero-order chi connectivity index (χ0) is 17.5. The molecule has 1 aliphatic rings. The zero-order valence-electron chi connectivity index (χ0n) is 13.9. The Hall–Kier alpha value is -1.89. The van der Waals surface area contributed by atoms with Crippen molar-refractivity contribution in [3.05, 3.63) is 52.4 Å². The summed E-state index contributed by atoms with van der Waals surface area (Å²) >= 11 is 5.84. The molecule has 0 aliphatic carbocycles. The Morgan fingerprint density at radius 1 is 1.24 bits per heavy atom. The van der Waals surface area contributed by atoms with E-state index >= 15 is 0 Å². The maximum Gasteiger partial charge on any atom is 0.273 e. The first kappa shape index (κ1) is 17.9. The van der Waals surface area contributed by atoms with Gasteiger partial charge in [0.15, 0.2) is 11.5 Å². The van der Waals surface area contributed by atoms with Gasteiger partial charge in [-0.1, -0.05) is 28.9 Å². The van der Waals surface area contributed by atoms with Crippen molar-refractivity contribution < 1.29 is 18.8 Å². The molecule has 0 atom stereocenters. The third-order valence-corrected chi connectivity index (χ3v) is 4.36. The van der Waals surface area contributed by atoms with Gasteiger partial charge in [-0.05, 0) is 36.5 Å². The molecular weight excluding hydrogens is 344 g/mol. The molecule has 0 saturated carbocycles. The number of nitrogens with zero attached hydrogens (tertiary/aromatic N) is 1. The predicted octanol–water partition coefficient (Wildman–Crippen LogP) is 3.20. The fourth-order valence-corrected chi connectivity index (χ4v) is 2.74. The van der Waals surface area contributed by atoms with Crippen molar-refractivity contribution in [1.29, 1.82) is 0 Å². The lowest BCUT2D eigenvalue weighted by Crippen LogP contribution is -2.32. The second-order valence-electron chi connectivity index (χ2n) is 6.06. The molecule has 2 heterocycles. The van der Waals surface area contributed by atoms with Gasteiger partial charge in [0.2, 0.25) is 0 Å². The van der Waals surface area contributed by atoms with E-state index in [2.05, 4.69) is 10.5 Å². The van der Waals surface area contributed by atoms with Crippen LogP contribution < -0.4 is 5.32 Å². The molecule has 2 aromatic rings. The molecule has 0 radical (unpaired) electrons. The normalized spacial score (nSPS) is 15.2.